The predicted molar refractivity (Wildman–Crippen MR) is 62.2 cm³/mol. The molecule has 1 fully saturated rings. The van der Waals surface area contributed by atoms with Crippen LogP contribution in [0.4, 0.5) is 0 Å². The van der Waals surface area contributed by atoms with Crippen molar-refractivity contribution in [3.05, 3.63) is 0 Å². The summed E-state index contributed by atoms with van der Waals surface area (Å²) >= 11 is 0. The molecule has 1 saturated heterocycles. The van der Waals surface area contributed by atoms with Crippen LogP contribution in [0.25, 0.3) is 0 Å². The van der Waals surface area contributed by atoms with Crippen LogP contribution in [0.1, 0.15) is 6.92 Å². The monoisotopic (exact) mass is 243 g/mol. The summed E-state index contributed by atoms with van der Waals surface area (Å²) in [6, 6.07) is -0.353. The van der Waals surface area contributed by atoms with Crippen molar-refractivity contribution in [2.24, 2.45) is 5.73 Å². The van der Waals surface area contributed by atoms with Crippen LogP contribution in [0, 0.1) is 0 Å². The molecule has 86 valence electrons. The van der Waals surface area contributed by atoms with Gasteiger partial charge in [-0.25, -0.2) is 0 Å². The van der Waals surface area contributed by atoms with Gasteiger partial charge < -0.3 is 15.5 Å². The van der Waals surface area contributed by atoms with Crippen LogP contribution >= 0.6 is 24.8 Å². The minimum Gasteiger partial charge on any atom is -0.339 e. The van der Waals surface area contributed by atoms with E-state index in [-0.39, 0.29) is 36.8 Å². The molecule has 1 atom stereocenters. The lowest BCUT2D eigenvalue weighted by Gasteiger charge is -2.33. The number of nitrogens with zero attached hydrogens (tertiary/aromatic N) is 2. The van der Waals surface area contributed by atoms with Gasteiger partial charge in [0.2, 0.25) is 5.91 Å². The maximum absolute atomic E-state index is 11.4. The van der Waals surface area contributed by atoms with Crippen LogP contribution < -0.4 is 5.73 Å². The van der Waals surface area contributed by atoms with Gasteiger partial charge in [-0.3, -0.25) is 4.79 Å². The zero-order chi connectivity index (χ0) is 9.14. The second-order valence-electron chi connectivity index (χ2n) is 3.42. The number of hydrogen-bond acceptors (Lipinski definition) is 3. The van der Waals surface area contributed by atoms with E-state index in [0.29, 0.717) is 0 Å². The van der Waals surface area contributed by atoms with Gasteiger partial charge in [0.05, 0.1) is 6.04 Å². The van der Waals surface area contributed by atoms with Gasteiger partial charge >= 0.3 is 0 Å². The van der Waals surface area contributed by atoms with Gasteiger partial charge in [0, 0.05) is 26.2 Å². The Morgan fingerprint density at radius 3 is 2.00 bits per heavy atom. The fraction of sp³-hybridized carbons (Fsp3) is 0.875. The Bertz CT molecular complexity index is 170. The average Bonchev–Trinajstić information content (AvgIpc) is 2.04. The van der Waals surface area contributed by atoms with Crippen LogP contribution in [0.15, 0.2) is 0 Å². The Kier molecular flexibility index (Phi) is 8.54. The summed E-state index contributed by atoms with van der Waals surface area (Å²) in [5, 5.41) is 0. The molecule has 0 aromatic heterocycles. The number of likely N-dealkylation sites (N-methyl/N-ethyl adjacent to an activating group) is 1. The van der Waals surface area contributed by atoms with Crippen molar-refractivity contribution in [2.45, 2.75) is 13.0 Å². The van der Waals surface area contributed by atoms with E-state index in [2.05, 4.69) is 11.9 Å². The number of rotatable bonds is 1. The molecule has 0 aromatic rings. The fourth-order valence-corrected chi connectivity index (χ4v) is 1.31. The van der Waals surface area contributed by atoms with Crippen molar-refractivity contribution in [1.82, 2.24) is 9.80 Å². The smallest absolute Gasteiger partial charge is 0.239 e. The van der Waals surface area contributed by atoms with E-state index >= 15 is 0 Å². The first-order valence-electron chi connectivity index (χ1n) is 4.34. The van der Waals surface area contributed by atoms with E-state index in [4.69, 9.17) is 5.73 Å². The molecule has 2 N–H and O–H groups in total. The third kappa shape index (κ3) is 4.46. The largest absolute Gasteiger partial charge is 0.339 e. The highest BCUT2D eigenvalue weighted by Crippen LogP contribution is 2.00. The number of carbonyl (C=O) groups is 1. The van der Waals surface area contributed by atoms with E-state index in [0.717, 1.165) is 26.2 Å². The van der Waals surface area contributed by atoms with Crippen molar-refractivity contribution >= 4 is 30.7 Å². The van der Waals surface area contributed by atoms with Crippen molar-refractivity contribution in [3.63, 3.8) is 0 Å². The number of halogens is 2. The molecule has 6 heteroatoms. The molecule has 0 bridgehead atoms. The van der Waals surface area contributed by atoms with E-state index in [1.54, 1.807) is 6.92 Å². The number of hydrogen-bond donors (Lipinski definition) is 1. The normalized spacial score (nSPS) is 19.2. The highest BCUT2D eigenvalue weighted by Gasteiger charge is 2.20. The Labute approximate surface area is 97.6 Å². The first kappa shape index (κ1) is 16.4. The van der Waals surface area contributed by atoms with Crippen molar-refractivity contribution in [3.8, 4) is 0 Å². The lowest BCUT2D eigenvalue weighted by Crippen LogP contribution is -2.51. The molecule has 14 heavy (non-hydrogen) atoms. The third-order valence-electron chi connectivity index (χ3n) is 2.20. The highest BCUT2D eigenvalue weighted by atomic mass is 35.5. The number of piperazine rings is 1. The van der Waals surface area contributed by atoms with Gasteiger partial charge in [-0.1, -0.05) is 0 Å². The topological polar surface area (TPSA) is 49.6 Å². The van der Waals surface area contributed by atoms with E-state index < -0.39 is 0 Å². The summed E-state index contributed by atoms with van der Waals surface area (Å²) in [4.78, 5) is 15.4. The zero-order valence-corrected chi connectivity index (χ0v) is 10.2. The Hall–Kier alpha value is -0.0300. The number of carbonyl (C=O) groups excluding carboxylic acids is 1. The Balaban J connectivity index is 0. The first-order chi connectivity index (χ1) is 5.61. The predicted octanol–water partition coefficient (Wildman–Crippen LogP) is -0.0488. The summed E-state index contributed by atoms with van der Waals surface area (Å²) in [5.74, 6) is 0.0723. The summed E-state index contributed by atoms with van der Waals surface area (Å²) in [6.07, 6.45) is 0. The molecule has 1 unspecified atom stereocenters. The molecule has 1 heterocycles. The van der Waals surface area contributed by atoms with E-state index in [9.17, 15) is 4.79 Å². The molecule has 0 radical (unpaired) electrons. The van der Waals surface area contributed by atoms with Crippen molar-refractivity contribution < 1.29 is 4.79 Å². The zero-order valence-electron chi connectivity index (χ0n) is 8.60. The third-order valence-corrected chi connectivity index (χ3v) is 2.20. The highest BCUT2D eigenvalue weighted by molar-refractivity contribution is 5.85. The van der Waals surface area contributed by atoms with Crippen LogP contribution in [-0.2, 0) is 4.79 Å². The molecule has 1 rings (SSSR count). The minimum atomic E-state index is -0.353. The molecule has 1 aliphatic heterocycles. The van der Waals surface area contributed by atoms with Gasteiger partial charge in [0.15, 0.2) is 0 Å². The standard InChI is InChI=1S/C8H17N3O.2ClH/c1-7(9)8(12)11-5-3-10(2)4-6-11;;/h7H,3-6,9H2,1-2H3;2*1H. The van der Waals surface area contributed by atoms with Crippen LogP contribution in [0.3, 0.4) is 0 Å². The molecular weight excluding hydrogens is 225 g/mol. The number of amides is 1. The summed E-state index contributed by atoms with van der Waals surface area (Å²) in [7, 11) is 2.06. The Morgan fingerprint density at radius 1 is 1.21 bits per heavy atom. The summed E-state index contributed by atoms with van der Waals surface area (Å²) in [6.45, 7) is 5.28. The summed E-state index contributed by atoms with van der Waals surface area (Å²) in [5.41, 5.74) is 5.50. The van der Waals surface area contributed by atoms with Crippen LogP contribution in [-0.4, -0.2) is 55.0 Å². The number of nitrogens with two attached hydrogens (primary N) is 1. The van der Waals surface area contributed by atoms with Gasteiger partial charge in [-0.15, -0.1) is 24.8 Å². The lowest BCUT2D eigenvalue weighted by molar-refractivity contribution is -0.133. The van der Waals surface area contributed by atoms with Gasteiger partial charge in [0.1, 0.15) is 0 Å². The lowest BCUT2D eigenvalue weighted by atomic mass is 10.2. The minimum absolute atomic E-state index is 0. The molecule has 0 saturated carbocycles. The SMILES string of the molecule is CC(N)C(=O)N1CCN(C)CC1.Cl.Cl. The van der Waals surface area contributed by atoms with Crippen molar-refractivity contribution in [2.75, 3.05) is 33.2 Å². The van der Waals surface area contributed by atoms with Crippen molar-refractivity contribution in [1.29, 1.82) is 0 Å². The Morgan fingerprint density at radius 2 is 1.64 bits per heavy atom. The fourth-order valence-electron chi connectivity index (χ4n) is 1.31. The molecule has 4 nitrogen and oxygen atoms in total. The second-order valence-corrected chi connectivity index (χ2v) is 3.42. The maximum Gasteiger partial charge on any atom is 0.239 e. The second kappa shape index (κ2) is 7.29. The molecular formula is C8H19Cl2N3O. The maximum atomic E-state index is 11.4. The van der Waals surface area contributed by atoms with E-state index in [1.807, 2.05) is 4.90 Å². The van der Waals surface area contributed by atoms with Crippen LogP contribution in [0.5, 0.6) is 0 Å². The van der Waals surface area contributed by atoms with Crippen LogP contribution in [0.2, 0.25) is 0 Å². The summed E-state index contributed by atoms with van der Waals surface area (Å²) < 4.78 is 0. The first-order valence-corrected chi connectivity index (χ1v) is 4.34. The molecule has 1 aliphatic rings. The van der Waals surface area contributed by atoms with Gasteiger partial charge in [-0.05, 0) is 14.0 Å². The molecule has 0 aliphatic carbocycles. The average molecular weight is 244 g/mol. The molecule has 0 aromatic carbocycles. The molecule has 1 amide bonds. The molecule has 0 spiro atoms. The van der Waals surface area contributed by atoms with E-state index in [1.165, 1.54) is 0 Å². The van der Waals surface area contributed by atoms with Gasteiger partial charge in [0.25, 0.3) is 0 Å². The quantitative estimate of drug-likeness (QED) is 0.703. The van der Waals surface area contributed by atoms with Gasteiger partial charge in [-0.2, -0.15) is 0 Å².